The van der Waals surface area contributed by atoms with Gasteiger partial charge in [0.25, 0.3) is 0 Å². The second-order valence-electron chi connectivity index (χ2n) is 4.31. The molecule has 0 rings (SSSR count). The lowest BCUT2D eigenvalue weighted by atomic mass is 10.2. The predicted octanol–water partition coefficient (Wildman–Crippen LogP) is 1.32. The van der Waals surface area contributed by atoms with Crippen LogP contribution < -0.4 is 5.32 Å². The third-order valence-electron chi connectivity index (χ3n) is 1.56. The van der Waals surface area contributed by atoms with Crippen molar-refractivity contribution in [3.63, 3.8) is 0 Å². The van der Waals surface area contributed by atoms with Gasteiger partial charge >= 0.3 is 12.1 Å². The van der Waals surface area contributed by atoms with Crippen LogP contribution in [-0.4, -0.2) is 31.3 Å². The van der Waals surface area contributed by atoms with Crippen molar-refractivity contribution in [3.05, 3.63) is 0 Å². The van der Waals surface area contributed by atoms with Gasteiger partial charge < -0.3 is 14.8 Å². The molecule has 0 fully saturated rings. The lowest BCUT2D eigenvalue weighted by molar-refractivity contribution is -0.144. The Hall–Kier alpha value is -1.26. The minimum Gasteiger partial charge on any atom is -0.469 e. The Balaban J connectivity index is 3.86. The number of hydrogen-bond donors (Lipinski definition) is 1. The van der Waals surface area contributed by atoms with E-state index >= 15 is 0 Å². The Morgan fingerprint density at radius 3 is 2.27 bits per heavy atom. The van der Waals surface area contributed by atoms with Gasteiger partial charge in [-0.05, 0) is 20.8 Å². The van der Waals surface area contributed by atoms with Gasteiger partial charge in [-0.3, -0.25) is 4.79 Å². The molecular weight excluding hydrogens is 198 g/mol. The van der Waals surface area contributed by atoms with Gasteiger partial charge in [0.2, 0.25) is 0 Å². The van der Waals surface area contributed by atoms with Crippen molar-refractivity contribution < 1.29 is 19.1 Å². The minimum atomic E-state index is -0.529. The molecule has 0 aromatic carbocycles. The van der Waals surface area contributed by atoms with E-state index in [9.17, 15) is 9.59 Å². The molecule has 5 nitrogen and oxygen atoms in total. The van der Waals surface area contributed by atoms with Gasteiger partial charge in [0, 0.05) is 6.54 Å². The molecule has 0 aromatic heterocycles. The maximum Gasteiger partial charge on any atom is 0.407 e. The summed E-state index contributed by atoms with van der Waals surface area (Å²) in [6.45, 7) is 7.20. The summed E-state index contributed by atoms with van der Waals surface area (Å²) >= 11 is 0. The number of rotatable bonds is 3. The first kappa shape index (κ1) is 13.7. The Labute approximate surface area is 90.1 Å². The van der Waals surface area contributed by atoms with Crippen molar-refractivity contribution in [1.29, 1.82) is 0 Å². The van der Waals surface area contributed by atoms with Crippen LogP contribution in [0, 0.1) is 5.92 Å². The fourth-order valence-corrected chi connectivity index (χ4v) is 0.835. The molecule has 0 heterocycles. The average Bonchev–Trinajstić information content (AvgIpc) is 2.10. The third kappa shape index (κ3) is 6.76. The minimum absolute atomic E-state index is 0.210. The molecule has 0 saturated heterocycles. The molecule has 1 N–H and O–H groups in total. The lowest BCUT2D eigenvalue weighted by Gasteiger charge is -2.20. The summed E-state index contributed by atoms with van der Waals surface area (Å²) in [7, 11) is 1.31. The van der Waals surface area contributed by atoms with E-state index in [1.165, 1.54) is 7.11 Å². The molecule has 0 spiro atoms. The van der Waals surface area contributed by atoms with Gasteiger partial charge in [0.15, 0.2) is 0 Å². The van der Waals surface area contributed by atoms with Crippen LogP contribution in [0.25, 0.3) is 0 Å². The molecule has 0 aliphatic rings. The van der Waals surface area contributed by atoms with Gasteiger partial charge in [-0.15, -0.1) is 0 Å². The maximum atomic E-state index is 11.2. The summed E-state index contributed by atoms with van der Waals surface area (Å²) in [5.74, 6) is -0.728. The SMILES string of the molecule is COC(=O)[C@H](C)CNC(=O)OC(C)(C)C. The second-order valence-corrected chi connectivity index (χ2v) is 4.31. The standard InChI is InChI=1S/C10H19NO4/c1-7(8(12)14-5)6-11-9(13)15-10(2,3)4/h7H,6H2,1-5H3,(H,11,13)/t7-/m1/s1. The number of nitrogens with one attached hydrogen (secondary N) is 1. The normalized spacial score (nSPS) is 12.9. The van der Waals surface area contributed by atoms with Crippen LogP contribution in [0.5, 0.6) is 0 Å². The predicted molar refractivity (Wildman–Crippen MR) is 55.4 cm³/mol. The number of carbonyl (C=O) groups excluding carboxylic acids is 2. The number of hydrogen-bond acceptors (Lipinski definition) is 4. The average molecular weight is 217 g/mol. The molecule has 5 heteroatoms. The van der Waals surface area contributed by atoms with E-state index in [1.54, 1.807) is 27.7 Å². The number of ether oxygens (including phenoxy) is 2. The molecule has 1 atom stereocenters. The van der Waals surface area contributed by atoms with Crippen molar-refractivity contribution in [2.75, 3.05) is 13.7 Å². The van der Waals surface area contributed by atoms with Gasteiger partial charge in [-0.2, -0.15) is 0 Å². The highest BCUT2D eigenvalue weighted by molar-refractivity contribution is 5.73. The highest BCUT2D eigenvalue weighted by Gasteiger charge is 2.18. The van der Waals surface area contributed by atoms with Crippen molar-refractivity contribution >= 4 is 12.1 Å². The van der Waals surface area contributed by atoms with E-state index in [2.05, 4.69) is 10.1 Å². The molecule has 1 amide bonds. The zero-order valence-electron chi connectivity index (χ0n) is 9.92. The van der Waals surface area contributed by atoms with E-state index in [4.69, 9.17) is 4.74 Å². The van der Waals surface area contributed by atoms with E-state index in [-0.39, 0.29) is 18.4 Å². The summed E-state index contributed by atoms with van der Waals surface area (Å²) in [4.78, 5) is 22.2. The lowest BCUT2D eigenvalue weighted by Crippen LogP contribution is -2.36. The molecule has 0 aromatic rings. The van der Waals surface area contributed by atoms with Gasteiger partial charge in [0.05, 0.1) is 13.0 Å². The fraction of sp³-hybridized carbons (Fsp3) is 0.800. The fourth-order valence-electron chi connectivity index (χ4n) is 0.835. The van der Waals surface area contributed by atoms with Crippen LogP contribution in [0.2, 0.25) is 0 Å². The Morgan fingerprint density at radius 1 is 1.33 bits per heavy atom. The third-order valence-corrected chi connectivity index (χ3v) is 1.56. The van der Waals surface area contributed by atoms with Gasteiger partial charge in [-0.25, -0.2) is 4.79 Å². The number of esters is 1. The zero-order chi connectivity index (χ0) is 12.1. The van der Waals surface area contributed by atoms with Gasteiger partial charge in [-0.1, -0.05) is 6.92 Å². The summed E-state index contributed by atoms with van der Waals surface area (Å²) in [6.07, 6.45) is -0.529. The van der Waals surface area contributed by atoms with Crippen molar-refractivity contribution in [3.8, 4) is 0 Å². The first-order chi connectivity index (χ1) is 6.76. The van der Waals surface area contributed by atoms with Crippen LogP contribution in [0.4, 0.5) is 4.79 Å². The molecule has 0 radical (unpaired) electrons. The largest absolute Gasteiger partial charge is 0.469 e. The zero-order valence-corrected chi connectivity index (χ0v) is 9.92. The van der Waals surface area contributed by atoms with E-state index < -0.39 is 11.7 Å². The highest BCUT2D eigenvalue weighted by Crippen LogP contribution is 2.06. The van der Waals surface area contributed by atoms with Crippen LogP contribution in [0.1, 0.15) is 27.7 Å². The Bertz CT molecular complexity index is 232. The molecule has 88 valence electrons. The quantitative estimate of drug-likeness (QED) is 0.724. The highest BCUT2D eigenvalue weighted by atomic mass is 16.6. The molecule has 0 saturated carbocycles. The van der Waals surface area contributed by atoms with Gasteiger partial charge in [0.1, 0.15) is 5.60 Å². The van der Waals surface area contributed by atoms with Crippen molar-refractivity contribution in [2.24, 2.45) is 5.92 Å². The summed E-state index contributed by atoms with van der Waals surface area (Å²) in [6, 6.07) is 0. The van der Waals surface area contributed by atoms with E-state index in [1.807, 2.05) is 0 Å². The van der Waals surface area contributed by atoms with Crippen LogP contribution in [0.15, 0.2) is 0 Å². The van der Waals surface area contributed by atoms with E-state index in [0.717, 1.165) is 0 Å². The van der Waals surface area contributed by atoms with Crippen molar-refractivity contribution in [1.82, 2.24) is 5.32 Å². The number of carbonyl (C=O) groups is 2. The first-order valence-electron chi connectivity index (χ1n) is 4.81. The molecule has 15 heavy (non-hydrogen) atoms. The topological polar surface area (TPSA) is 64.6 Å². The monoisotopic (exact) mass is 217 g/mol. The smallest absolute Gasteiger partial charge is 0.407 e. The Morgan fingerprint density at radius 2 is 1.87 bits per heavy atom. The van der Waals surface area contributed by atoms with Crippen LogP contribution in [-0.2, 0) is 14.3 Å². The number of methoxy groups -OCH3 is 1. The number of amides is 1. The Kier molecular flexibility index (Phi) is 5.11. The summed E-state index contributed by atoms with van der Waals surface area (Å²) < 4.78 is 9.51. The van der Waals surface area contributed by atoms with Crippen LogP contribution >= 0.6 is 0 Å². The number of alkyl carbamates (subject to hydrolysis) is 1. The molecule has 0 unspecified atom stereocenters. The summed E-state index contributed by atoms with van der Waals surface area (Å²) in [5, 5.41) is 2.49. The molecule has 0 bridgehead atoms. The van der Waals surface area contributed by atoms with E-state index in [0.29, 0.717) is 0 Å². The molecular formula is C10H19NO4. The second kappa shape index (κ2) is 5.58. The summed E-state index contributed by atoms with van der Waals surface area (Å²) in [5.41, 5.74) is -0.529. The van der Waals surface area contributed by atoms with Crippen LogP contribution in [0.3, 0.4) is 0 Å². The van der Waals surface area contributed by atoms with Crippen molar-refractivity contribution in [2.45, 2.75) is 33.3 Å². The molecule has 0 aliphatic heterocycles. The first-order valence-corrected chi connectivity index (χ1v) is 4.81. The molecule has 0 aliphatic carbocycles. The maximum absolute atomic E-state index is 11.2.